The van der Waals surface area contributed by atoms with Crippen LogP contribution < -0.4 is 4.72 Å². The fourth-order valence-electron chi connectivity index (χ4n) is 2.36. The molecule has 0 radical (unpaired) electrons. The van der Waals surface area contributed by atoms with Gasteiger partial charge < -0.3 is 5.11 Å². The Hall–Kier alpha value is -0.660. The fourth-order valence-corrected chi connectivity index (χ4v) is 3.91. The lowest BCUT2D eigenvalue weighted by Gasteiger charge is -2.28. The maximum absolute atomic E-state index is 12.1. The predicted octanol–water partition coefficient (Wildman–Crippen LogP) is 0.560. The van der Waals surface area contributed by atoms with Gasteiger partial charge in [-0.1, -0.05) is 6.42 Å². The van der Waals surface area contributed by atoms with Crippen LogP contribution >= 0.6 is 0 Å². The van der Waals surface area contributed by atoms with Crippen molar-refractivity contribution in [1.82, 2.24) is 9.03 Å². The highest BCUT2D eigenvalue weighted by Gasteiger charge is 2.37. The van der Waals surface area contributed by atoms with Crippen LogP contribution in [0.2, 0.25) is 0 Å². The van der Waals surface area contributed by atoms with E-state index < -0.39 is 22.2 Å². The lowest BCUT2D eigenvalue weighted by Crippen LogP contribution is -2.48. The molecule has 1 saturated carbocycles. The average Bonchev–Trinajstić information content (AvgIpc) is 3.12. The molecule has 0 aromatic carbocycles. The molecule has 2 rings (SSSR count). The summed E-state index contributed by atoms with van der Waals surface area (Å²) in [6.07, 6.45) is 4.54. The Morgan fingerprint density at radius 3 is 2.39 bits per heavy atom. The monoisotopic (exact) mass is 276 g/mol. The number of nitrogens with one attached hydrogen (secondary N) is 1. The van der Waals surface area contributed by atoms with Gasteiger partial charge in [-0.3, -0.25) is 4.79 Å². The standard InChI is InChI=1S/C11H20N2O4S/c14-11(15)8-10(9-4-5-9)12-18(16,17)13-6-2-1-3-7-13/h9-10,12H,1-8H2,(H,14,15). The summed E-state index contributed by atoms with van der Waals surface area (Å²) < 4.78 is 28.3. The van der Waals surface area contributed by atoms with E-state index >= 15 is 0 Å². The summed E-state index contributed by atoms with van der Waals surface area (Å²) in [4.78, 5) is 10.8. The van der Waals surface area contributed by atoms with Crippen molar-refractivity contribution in [2.24, 2.45) is 5.92 Å². The van der Waals surface area contributed by atoms with E-state index in [4.69, 9.17) is 5.11 Å². The van der Waals surface area contributed by atoms with E-state index in [1.54, 1.807) is 0 Å². The molecule has 1 aliphatic carbocycles. The number of hydrogen-bond acceptors (Lipinski definition) is 3. The highest BCUT2D eigenvalue weighted by atomic mass is 32.2. The molecule has 2 fully saturated rings. The van der Waals surface area contributed by atoms with Crippen LogP contribution in [0.5, 0.6) is 0 Å². The molecule has 18 heavy (non-hydrogen) atoms. The van der Waals surface area contributed by atoms with Gasteiger partial charge in [-0.15, -0.1) is 0 Å². The Bertz CT molecular complexity index is 399. The predicted molar refractivity (Wildman–Crippen MR) is 66.2 cm³/mol. The second kappa shape index (κ2) is 5.54. The van der Waals surface area contributed by atoms with Crippen LogP contribution in [0.1, 0.15) is 38.5 Å². The van der Waals surface area contributed by atoms with Crippen LogP contribution in [0.15, 0.2) is 0 Å². The minimum atomic E-state index is -3.51. The van der Waals surface area contributed by atoms with Crippen LogP contribution in [-0.4, -0.2) is 42.9 Å². The Kier molecular flexibility index (Phi) is 4.24. The first-order chi connectivity index (χ1) is 8.49. The molecule has 0 aromatic heterocycles. The van der Waals surface area contributed by atoms with Gasteiger partial charge in [0, 0.05) is 19.1 Å². The maximum atomic E-state index is 12.1. The van der Waals surface area contributed by atoms with Crippen molar-refractivity contribution in [3.05, 3.63) is 0 Å². The van der Waals surface area contributed by atoms with E-state index in [-0.39, 0.29) is 12.3 Å². The number of rotatable bonds is 6. The first-order valence-electron chi connectivity index (χ1n) is 6.48. The molecule has 1 unspecified atom stereocenters. The lowest BCUT2D eigenvalue weighted by atomic mass is 10.1. The normalized spacial score (nSPS) is 23.8. The van der Waals surface area contributed by atoms with Gasteiger partial charge >= 0.3 is 5.97 Å². The first kappa shape index (κ1) is 13.8. The molecule has 0 amide bonds. The van der Waals surface area contributed by atoms with Crippen LogP contribution in [0, 0.1) is 5.92 Å². The van der Waals surface area contributed by atoms with E-state index in [0.29, 0.717) is 13.1 Å². The molecule has 2 N–H and O–H groups in total. The highest BCUT2D eigenvalue weighted by molar-refractivity contribution is 7.87. The molecule has 6 nitrogen and oxygen atoms in total. The Balaban J connectivity index is 1.97. The zero-order chi connectivity index (χ0) is 13.2. The van der Waals surface area contributed by atoms with E-state index in [0.717, 1.165) is 32.1 Å². The largest absolute Gasteiger partial charge is 0.481 e. The molecule has 0 aromatic rings. The number of carboxylic acids is 1. The fraction of sp³-hybridized carbons (Fsp3) is 0.909. The van der Waals surface area contributed by atoms with Crippen LogP contribution in [0.4, 0.5) is 0 Å². The smallest absolute Gasteiger partial charge is 0.304 e. The number of aliphatic carboxylic acids is 1. The lowest BCUT2D eigenvalue weighted by molar-refractivity contribution is -0.137. The molecule has 1 heterocycles. The van der Waals surface area contributed by atoms with Crippen molar-refractivity contribution >= 4 is 16.2 Å². The van der Waals surface area contributed by atoms with E-state index in [1.807, 2.05) is 0 Å². The zero-order valence-corrected chi connectivity index (χ0v) is 11.2. The number of piperidine rings is 1. The van der Waals surface area contributed by atoms with Crippen molar-refractivity contribution in [1.29, 1.82) is 0 Å². The maximum Gasteiger partial charge on any atom is 0.304 e. The van der Waals surface area contributed by atoms with Crippen LogP contribution in [-0.2, 0) is 15.0 Å². The summed E-state index contributed by atoms with van der Waals surface area (Å²) in [6, 6.07) is -0.450. The van der Waals surface area contributed by atoms with Gasteiger partial charge in [-0.25, -0.2) is 0 Å². The molecular weight excluding hydrogens is 256 g/mol. The molecule has 2 aliphatic rings. The summed E-state index contributed by atoms with van der Waals surface area (Å²) in [5.74, 6) is -0.756. The molecule has 7 heteroatoms. The summed E-state index contributed by atoms with van der Waals surface area (Å²) in [7, 11) is -3.51. The van der Waals surface area contributed by atoms with Gasteiger partial charge in [0.05, 0.1) is 6.42 Å². The van der Waals surface area contributed by atoms with Crippen molar-refractivity contribution in [3.63, 3.8) is 0 Å². The third-order valence-corrected chi connectivity index (χ3v) is 5.19. The second-order valence-electron chi connectivity index (χ2n) is 5.12. The second-order valence-corrected chi connectivity index (χ2v) is 6.83. The number of carbonyl (C=O) groups is 1. The van der Waals surface area contributed by atoms with Gasteiger partial charge in [0.1, 0.15) is 0 Å². The number of carboxylic acid groups (broad SMARTS) is 1. The van der Waals surface area contributed by atoms with Crippen molar-refractivity contribution < 1.29 is 18.3 Å². The average molecular weight is 276 g/mol. The van der Waals surface area contributed by atoms with Crippen LogP contribution in [0.3, 0.4) is 0 Å². The van der Waals surface area contributed by atoms with Gasteiger partial charge in [0.2, 0.25) is 0 Å². The summed E-state index contributed by atoms with van der Waals surface area (Å²) >= 11 is 0. The third kappa shape index (κ3) is 3.66. The third-order valence-electron chi connectivity index (χ3n) is 3.54. The molecular formula is C11H20N2O4S. The summed E-state index contributed by atoms with van der Waals surface area (Å²) in [5.41, 5.74) is 0. The topological polar surface area (TPSA) is 86.7 Å². The van der Waals surface area contributed by atoms with E-state index in [1.165, 1.54) is 4.31 Å². The summed E-state index contributed by atoms with van der Waals surface area (Å²) in [5, 5.41) is 8.82. The van der Waals surface area contributed by atoms with Gasteiger partial charge in [0.25, 0.3) is 10.2 Å². The van der Waals surface area contributed by atoms with Crippen LogP contribution in [0.25, 0.3) is 0 Å². The van der Waals surface area contributed by atoms with Gasteiger partial charge in [-0.2, -0.15) is 17.4 Å². The molecule has 1 saturated heterocycles. The molecule has 104 valence electrons. The quantitative estimate of drug-likeness (QED) is 0.742. The van der Waals surface area contributed by atoms with Crippen molar-refractivity contribution in [2.75, 3.05) is 13.1 Å². The minimum absolute atomic E-state index is 0.127. The van der Waals surface area contributed by atoms with Crippen molar-refractivity contribution in [2.45, 2.75) is 44.6 Å². The van der Waals surface area contributed by atoms with E-state index in [2.05, 4.69) is 4.72 Å². The van der Waals surface area contributed by atoms with Gasteiger partial charge in [-0.05, 0) is 31.6 Å². The number of nitrogens with zero attached hydrogens (tertiary/aromatic N) is 1. The molecule has 1 aliphatic heterocycles. The Morgan fingerprint density at radius 2 is 1.89 bits per heavy atom. The number of hydrogen-bond donors (Lipinski definition) is 2. The first-order valence-corrected chi connectivity index (χ1v) is 7.92. The minimum Gasteiger partial charge on any atom is -0.481 e. The van der Waals surface area contributed by atoms with Crippen molar-refractivity contribution in [3.8, 4) is 0 Å². The molecule has 1 atom stereocenters. The highest BCUT2D eigenvalue weighted by Crippen LogP contribution is 2.34. The molecule has 0 bridgehead atoms. The SMILES string of the molecule is O=C(O)CC(NS(=O)(=O)N1CCCCC1)C1CC1. The van der Waals surface area contributed by atoms with E-state index in [9.17, 15) is 13.2 Å². The van der Waals surface area contributed by atoms with Gasteiger partial charge in [0.15, 0.2) is 0 Å². The Morgan fingerprint density at radius 1 is 1.28 bits per heavy atom. The molecule has 0 spiro atoms. The summed E-state index contributed by atoms with van der Waals surface area (Å²) in [6.45, 7) is 1.08. The Labute approximate surface area is 108 Å². The zero-order valence-electron chi connectivity index (χ0n) is 10.3.